The first kappa shape index (κ1) is 8.36. The molecule has 0 amide bonds. The Balaban J connectivity index is 1.94. The van der Waals surface area contributed by atoms with Crippen molar-refractivity contribution in [1.82, 2.24) is 0 Å². The van der Waals surface area contributed by atoms with Crippen molar-refractivity contribution < 1.29 is 9.15 Å². The van der Waals surface area contributed by atoms with Crippen molar-refractivity contribution >= 4 is 18.1 Å². The first-order valence-corrected chi connectivity index (χ1v) is 5.09. The molecule has 0 aliphatic carbocycles. The number of hydrogen-bond donors (Lipinski definition) is 0. The Morgan fingerprint density at radius 2 is 2.00 bits per heavy atom. The zero-order chi connectivity index (χ0) is 10.1. The summed E-state index contributed by atoms with van der Waals surface area (Å²) in [6.45, 7) is 2.11. The van der Waals surface area contributed by atoms with Crippen molar-refractivity contribution in [2.75, 3.05) is 0 Å². The molecule has 0 radical (unpaired) electrons. The summed E-state index contributed by atoms with van der Waals surface area (Å²) in [5.74, 6) is 0. The predicted molar refractivity (Wildman–Crippen MR) is 60.3 cm³/mol. The largest absolute Gasteiger partial charge is 0.325 e. The van der Waals surface area contributed by atoms with Gasteiger partial charge in [0, 0.05) is 6.21 Å². The lowest BCUT2D eigenvalue weighted by Gasteiger charge is -2.10. The Bertz CT molecular complexity index is 455. The highest BCUT2D eigenvalue weighted by Gasteiger charge is 2.24. The molecule has 0 spiro atoms. The molecule has 0 N–H and O–H groups in total. The zero-order valence-electron chi connectivity index (χ0n) is 8.32. The van der Waals surface area contributed by atoms with Gasteiger partial charge in [-0.3, -0.25) is 4.58 Å². The number of nitrogens with zero attached hydrogens (tertiary/aromatic N) is 2. The topological polar surface area (TPSA) is 6.02 Å². The average Bonchev–Trinajstić information content (AvgIpc) is 2.74. The van der Waals surface area contributed by atoms with Crippen LogP contribution in [0.1, 0.15) is 0 Å². The minimum absolute atomic E-state index is 0.371. The van der Waals surface area contributed by atoms with E-state index in [0.29, 0.717) is 6.04 Å². The number of allylic oxidation sites excluding steroid dienone is 1. The number of rotatable bonds is 1. The Morgan fingerprint density at radius 1 is 1.13 bits per heavy atom. The number of hydrogen-bond acceptors (Lipinski definition) is 0. The van der Waals surface area contributed by atoms with Crippen LogP contribution in [0.2, 0.25) is 0 Å². The quantitative estimate of drug-likeness (QED) is 0.477. The molecule has 1 aromatic rings. The molecular weight excluding hydrogens is 184 g/mol. The van der Waals surface area contributed by atoms with Crippen molar-refractivity contribution in [3.63, 3.8) is 0 Å². The standard InChI is InChI=1S/C13H12N2/c1-2-6-12(7-3-1)15-10-13-8-4-5-9-14(13)11-15/h1-11,13H. The monoisotopic (exact) mass is 196 g/mol. The van der Waals surface area contributed by atoms with Gasteiger partial charge in [-0.15, -0.1) is 0 Å². The second-order valence-corrected chi connectivity index (χ2v) is 3.67. The van der Waals surface area contributed by atoms with Crippen molar-refractivity contribution in [3.8, 4) is 0 Å². The Kier molecular flexibility index (Phi) is 1.85. The highest BCUT2D eigenvalue weighted by molar-refractivity contribution is 5.73. The summed E-state index contributed by atoms with van der Waals surface area (Å²) < 4.78 is 4.34. The van der Waals surface area contributed by atoms with Gasteiger partial charge in [0.15, 0.2) is 0 Å². The lowest BCUT2D eigenvalue weighted by atomic mass is 10.2. The highest BCUT2D eigenvalue weighted by atomic mass is 15.3. The lowest BCUT2D eigenvalue weighted by molar-refractivity contribution is -0.605. The van der Waals surface area contributed by atoms with E-state index < -0.39 is 0 Å². The average molecular weight is 196 g/mol. The van der Waals surface area contributed by atoms with Crippen molar-refractivity contribution in [1.29, 1.82) is 0 Å². The van der Waals surface area contributed by atoms with Crippen LogP contribution < -0.4 is 0 Å². The van der Waals surface area contributed by atoms with Crippen LogP contribution in [-0.2, 0) is 0 Å². The Hall–Kier alpha value is -1.96. The van der Waals surface area contributed by atoms with Gasteiger partial charge >= 0.3 is 6.67 Å². The second kappa shape index (κ2) is 3.31. The molecule has 2 aliphatic heterocycles. The van der Waals surface area contributed by atoms with E-state index in [-0.39, 0.29) is 0 Å². The fourth-order valence-corrected chi connectivity index (χ4v) is 1.87. The molecule has 2 aliphatic rings. The molecule has 0 fully saturated rings. The first-order chi connectivity index (χ1) is 7.43. The number of benzene rings is 1. The highest BCUT2D eigenvalue weighted by Crippen LogP contribution is 2.17. The fraction of sp³-hybridized carbons (Fsp3) is 0.0769. The van der Waals surface area contributed by atoms with Crippen LogP contribution in [0.15, 0.2) is 42.5 Å². The van der Waals surface area contributed by atoms with Gasteiger partial charge in [0.2, 0.25) is 0 Å². The third kappa shape index (κ3) is 1.44. The first-order valence-electron chi connectivity index (χ1n) is 5.09. The van der Waals surface area contributed by atoms with Crippen LogP contribution in [0.5, 0.6) is 0 Å². The van der Waals surface area contributed by atoms with Crippen LogP contribution in [-0.4, -0.2) is 27.6 Å². The van der Waals surface area contributed by atoms with Crippen LogP contribution in [0, 0.1) is 13.1 Å². The van der Waals surface area contributed by atoms with Gasteiger partial charge in [-0.05, 0) is 12.1 Å². The normalized spacial score (nSPS) is 22.3. The molecule has 15 heavy (non-hydrogen) atoms. The maximum absolute atomic E-state index is 2.20. The van der Waals surface area contributed by atoms with Gasteiger partial charge < -0.3 is 0 Å². The van der Waals surface area contributed by atoms with E-state index in [1.54, 1.807) is 0 Å². The van der Waals surface area contributed by atoms with E-state index in [0.717, 1.165) is 0 Å². The minimum Gasteiger partial charge on any atom is -0.254 e. The smallest absolute Gasteiger partial charge is 0.254 e. The van der Waals surface area contributed by atoms with Crippen molar-refractivity contribution in [2.24, 2.45) is 0 Å². The molecule has 0 saturated heterocycles. The maximum Gasteiger partial charge on any atom is 0.325 e. The Labute approximate surface area is 89.5 Å². The zero-order valence-corrected chi connectivity index (χ0v) is 8.32. The summed E-state index contributed by atoms with van der Waals surface area (Å²) >= 11 is 0. The van der Waals surface area contributed by atoms with Crippen LogP contribution in [0.3, 0.4) is 0 Å². The SMILES string of the molecule is C1=CC2C=[N+](c3ccccc3)[CH-][N+]2=C[CH-]1. The van der Waals surface area contributed by atoms with Gasteiger partial charge in [-0.1, -0.05) is 18.2 Å². The van der Waals surface area contributed by atoms with E-state index in [9.17, 15) is 0 Å². The fourth-order valence-electron chi connectivity index (χ4n) is 1.87. The van der Waals surface area contributed by atoms with Crippen molar-refractivity contribution in [3.05, 3.63) is 55.6 Å². The molecular formula is C13H12N2. The molecule has 1 atom stereocenters. The molecule has 0 saturated carbocycles. The molecule has 0 aromatic heterocycles. The van der Waals surface area contributed by atoms with Gasteiger partial charge in [0.25, 0.3) is 0 Å². The van der Waals surface area contributed by atoms with Crippen LogP contribution in [0.4, 0.5) is 5.69 Å². The molecule has 2 nitrogen and oxygen atoms in total. The minimum atomic E-state index is 0.371. The summed E-state index contributed by atoms with van der Waals surface area (Å²) in [6, 6.07) is 10.7. The van der Waals surface area contributed by atoms with Crippen LogP contribution >= 0.6 is 0 Å². The van der Waals surface area contributed by atoms with Gasteiger partial charge in [-0.2, -0.15) is 12.5 Å². The maximum atomic E-state index is 2.20. The molecule has 2 heterocycles. The summed E-state index contributed by atoms with van der Waals surface area (Å²) in [4.78, 5) is 0. The molecule has 2 heteroatoms. The lowest BCUT2D eigenvalue weighted by Crippen LogP contribution is -2.21. The molecule has 0 bridgehead atoms. The van der Waals surface area contributed by atoms with E-state index in [1.807, 2.05) is 6.07 Å². The van der Waals surface area contributed by atoms with Crippen LogP contribution in [0.25, 0.3) is 0 Å². The van der Waals surface area contributed by atoms with Gasteiger partial charge in [-0.25, -0.2) is 10.7 Å². The predicted octanol–water partition coefficient (Wildman–Crippen LogP) is 1.76. The second-order valence-electron chi connectivity index (χ2n) is 3.67. The Morgan fingerprint density at radius 3 is 2.80 bits per heavy atom. The summed E-state index contributed by atoms with van der Waals surface area (Å²) in [7, 11) is 0. The van der Waals surface area contributed by atoms with E-state index in [1.165, 1.54) is 5.69 Å². The van der Waals surface area contributed by atoms with Gasteiger partial charge in [0.1, 0.15) is 17.9 Å². The van der Waals surface area contributed by atoms with E-state index >= 15 is 0 Å². The summed E-state index contributed by atoms with van der Waals surface area (Å²) in [5, 5.41) is 0. The third-order valence-electron chi connectivity index (χ3n) is 2.65. The van der Waals surface area contributed by atoms with Gasteiger partial charge in [0.05, 0.1) is 0 Å². The molecule has 1 aromatic carbocycles. The number of para-hydroxylation sites is 1. The number of fused-ring (bicyclic) bond motifs is 1. The third-order valence-corrected chi connectivity index (χ3v) is 2.65. The summed E-state index contributed by atoms with van der Waals surface area (Å²) in [5.41, 5.74) is 1.20. The van der Waals surface area contributed by atoms with E-state index in [4.69, 9.17) is 0 Å². The van der Waals surface area contributed by atoms with Crippen molar-refractivity contribution in [2.45, 2.75) is 6.04 Å². The summed E-state index contributed by atoms with van der Waals surface area (Å²) in [6.07, 6.45) is 10.6. The molecule has 74 valence electrons. The van der Waals surface area contributed by atoms with E-state index in [2.05, 4.69) is 71.1 Å². The molecule has 1 unspecified atom stereocenters. The molecule has 3 rings (SSSR count).